The first-order chi connectivity index (χ1) is 13.2. The summed E-state index contributed by atoms with van der Waals surface area (Å²) in [5.41, 5.74) is 3.80. The van der Waals surface area contributed by atoms with Crippen LogP contribution in [0.4, 0.5) is 0 Å². The van der Waals surface area contributed by atoms with Gasteiger partial charge in [0.05, 0.1) is 12.8 Å². The number of fused-ring (bicyclic) bond motifs is 1. The number of hydrogen-bond acceptors (Lipinski definition) is 4. The van der Waals surface area contributed by atoms with Gasteiger partial charge in [0.15, 0.2) is 0 Å². The lowest BCUT2D eigenvalue weighted by Gasteiger charge is -2.26. The standard InChI is InChI=1S/C21H21N3O3/c25-20-14-24(9-8-23-20)21(26)17-4-1-15(2-5-17)12-22-13-16-3-6-19-18(11-16)7-10-27-19/h1-7,10-11,22H,8-9,12-14H2,(H,23,25). The minimum absolute atomic E-state index is 0.0993. The van der Waals surface area contributed by atoms with Crippen molar-refractivity contribution in [3.63, 3.8) is 0 Å². The number of furan rings is 1. The quantitative estimate of drug-likeness (QED) is 0.729. The third-order valence-corrected chi connectivity index (χ3v) is 4.70. The Kier molecular flexibility index (Phi) is 4.89. The van der Waals surface area contributed by atoms with Gasteiger partial charge in [-0.25, -0.2) is 0 Å². The molecule has 27 heavy (non-hydrogen) atoms. The third kappa shape index (κ3) is 4.01. The highest BCUT2D eigenvalue weighted by Gasteiger charge is 2.21. The van der Waals surface area contributed by atoms with Crippen molar-refractivity contribution in [2.24, 2.45) is 0 Å². The van der Waals surface area contributed by atoms with Crippen LogP contribution >= 0.6 is 0 Å². The van der Waals surface area contributed by atoms with Crippen LogP contribution in [0.1, 0.15) is 21.5 Å². The van der Waals surface area contributed by atoms with Gasteiger partial charge in [-0.3, -0.25) is 9.59 Å². The molecule has 0 unspecified atom stereocenters. The molecule has 138 valence electrons. The van der Waals surface area contributed by atoms with Gasteiger partial charge >= 0.3 is 0 Å². The highest BCUT2D eigenvalue weighted by molar-refractivity contribution is 5.97. The van der Waals surface area contributed by atoms with Crippen LogP contribution in [0, 0.1) is 0 Å². The van der Waals surface area contributed by atoms with Crippen molar-refractivity contribution in [3.05, 3.63) is 71.5 Å². The molecule has 2 amide bonds. The van der Waals surface area contributed by atoms with Gasteiger partial charge in [0.25, 0.3) is 5.91 Å². The minimum Gasteiger partial charge on any atom is -0.464 e. The van der Waals surface area contributed by atoms with Gasteiger partial charge < -0.3 is 20.0 Å². The summed E-state index contributed by atoms with van der Waals surface area (Å²) in [4.78, 5) is 25.5. The molecule has 0 bridgehead atoms. The number of rotatable bonds is 5. The normalized spacial score (nSPS) is 14.4. The van der Waals surface area contributed by atoms with Crippen molar-refractivity contribution in [2.75, 3.05) is 19.6 Å². The van der Waals surface area contributed by atoms with E-state index in [4.69, 9.17) is 4.42 Å². The van der Waals surface area contributed by atoms with Crippen LogP contribution in [0.25, 0.3) is 11.0 Å². The second kappa shape index (κ2) is 7.63. The molecule has 2 N–H and O–H groups in total. The van der Waals surface area contributed by atoms with E-state index in [9.17, 15) is 9.59 Å². The number of carbonyl (C=O) groups excluding carboxylic acids is 2. The Hall–Kier alpha value is -3.12. The number of nitrogens with zero attached hydrogens (tertiary/aromatic N) is 1. The average Bonchev–Trinajstić information content (AvgIpc) is 3.16. The second-order valence-electron chi connectivity index (χ2n) is 6.67. The summed E-state index contributed by atoms with van der Waals surface area (Å²) in [5.74, 6) is -0.207. The Morgan fingerprint density at radius 2 is 1.85 bits per heavy atom. The summed E-state index contributed by atoms with van der Waals surface area (Å²) in [6.45, 7) is 2.66. The lowest BCUT2D eigenvalue weighted by Crippen LogP contribution is -2.49. The van der Waals surface area contributed by atoms with E-state index in [2.05, 4.69) is 22.8 Å². The number of benzene rings is 2. The summed E-state index contributed by atoms with van der Waals surface area (Å²) in [5, 5.41) is 7.24. The maximum atomic E-state index is 12.5. The van der Waals surface area contributed by atoms with E-state index < -0.39 is 0 Å². The van der Waals surface area contributed by atoms with Crippen molar-refractivity contribution < 1.29 is 14.0 Å². The fourth-order valence-electron chi connectivity index (χ4n) is 3.24. The highest BCUT2D eigenvalue weighted by Crippen LogP contribution is 2.17. The fraction of sp³-hybridized carbons (Fsp3) is 0.238. The number of nitrogens with one attached hydrogen (secondary N) is 2. The largest absolute Gasteiger partial charge is 0.464 e. The molecule has 2 aromatic carbocycles. The molecule has 2 heterocycles. The van der Waals surface area contributed by atoms with Crippen LogP contribution in [0.5, 0.6) is 0 Å². The van der Waals surface area contributed by atoms with Crippen molar-refractivity contribution in [1.82, 2.24) is 15.5 Å². The molecule has 0 saturated carbocycles. The third-order valence-electron chi connectivity index (χ3n) is 4.70. The van der Waals surface area contributed by atoms with Gasteiger partial charge in [-0.2, -0.15) is 0 Å². The minimum atomic E-state index is -0.107. The lowest BCUT2D eigenvalue weighted by atomic mass is 10.1. The zero-order valence-electron chi connectivity index (χ0n) is 14.9. The summed E-state index contributed by atoms with van der Waals surface area (Å²) in [7, 11) is 0. The average molecular weight is 363 g/mol. The molecular weight excluding hydrogens is 342 g/mol. The Morgan fingerprint density at radius 1 is 1.07 bits per heavy atom. The van der Waals surface area contributed by atoms with E-state index in [0.717, 1.165) is 23.1 Å². The van der Waals surface area contributed by atoms with Crippen molar-refractivity contribution in [2.45, 2.75) is 13.1 Å². The van der Waals surface area contributed by atoms with Gasteiger partial charge in [-0.05, 0) is 41.5 Å². The molecule has 6 nitrogen and oxygen atoms in total. The molecule has 1 aliphatic heterocycles. The molecule has 1 fully saturated rings. The fourth-order valence-corrected chi connectivity index (χ4v) is 3.24. The number of carbonyl (C=O) groups is 2. The Bertz CT molecular complexity index is 962. The molecule has 0 aliphatic carbocycles. The maximum absolute atomic E-state index is 12.5. The predicted octanol–water partition coefficient (Wildman–Crippen LogP) is 2.29. The smallest absolute Gasteiger partial charge is 0.254 e. The van der Waals surface area contributed by atoms with E-state index >= 15 is 0 Å². The molecule has 1 aromatic heterocycles. The molecule has 0 spiro atoms. The van der Waals surface area contributed by atoms with Crippen molar-refractivity contribution in [1.29, 1.82) is 0 Å². The van der Waals surface area contributed by atoms with E-state index in [1.54, 1.807) is 11.2 Å². The van der Waals surface area contributed by atoms with E-state index in [1.165, 1.54) is 5.56 Å². The van der Waals surface area contributed by atoms with Gasteiger partial charge in [-0.1, -0.05) is 18.2 Å². The van der Waals surface area contributed by atoms with Gasteiger partial charge in [0, 0.05) is 37.1 Å². The first-order valence-electron chi connectivity index (χ1n) is 9.01. The van der Waals surface area contributed by atoms with Gasteiger partial charge in [0.2, 0.25) is 5.91 Å². The van der Waals surface area contributed by atoms with Crippen molar-refractivity contribution in [3.8, 4) is 0 Å². The zero-order chi connectivity index (χ0) is 18.6. The van der Waals surface area contributed by atoms with Gasteiger partial charge in [0.1, 0.15) is 5.58 Å². The molecule has 1 aliphatic rings. The zero-order valence-corrected chi connectivity index (χ0v) is 14.9. The maximum Gasteiger partial charge on any atom is 0.254 e. The van der Waals surface area contributed by atoms with E-state index in [-0.39, 0.29) is 18.4 Å². The first-order valence-corrected chi connectivity index (χ1v) is 9.01. The van der Waals surface area contributed by atoms with Crippen LogP contribution in [-0.2, 0) is 17.9 Å². The molecule has 0 radical (unpaired) electrons. The highest BCUT2D eigenvalue weighted by atomic mass is 16.3. The van der Waals surface area contributed by atoms with Crippen LogP contribution in [0.15, 0.2) is 59.2 Å². The SMILES string of the molecule is O=C1CN(C(=O)c2ccc(CNCc3ccc4occc4c3)cc2)CCN1. The second-order valence-corrected chi connectivity index (χ2v) is 6.67. The summed E-state index contributed by atoms with van der Waals surface area (Å²) in [6.07, 6.45) is 1.70. The Morgan fingerprint density at radius 3 is 2.67 bits per heavy atom. The number of piperazine rings is 1. The molecule has 3 aromatic rings. The molecule has 1 saturated heterocycles. The molecular formula is C21H21N3O3. The summed E-state index contributed by atoms with van der Waals surface area (Å²) in [6, 6.07) is 15.6. The Balaban J connectivity index is 1.32. The molecule has 0 atom stereocenters. The van der Waals surface area contributed by atoms with Gasteiger partial charge in [-0.15, -0.1) is 0 Å². The van der Waals surface area contributed by atoms with Crippen LogP contribution < -0.4 is 10.6 Å². The molecule has 4 rings (SSSR count). The Labute approximate surface area is 157 Å². The van der Waals surface area contributed by atoms with E-state index in [0.29, 0.717) is 25.2 Å². The lowest BCUT2D eigenvalue weighted by molar-refractivity contribution is -0.123. The van der Waals surface area contributed by atoms with E-state index in [1.807, 2.05) is 36.4 Å². The van der Waals surface area contributed by atoms with Crippen LogP contribution in [0.3, 0.4) is 0 Å². The topological polar surface area (TPSA) is 74.6 Å². The summed E-state index contributed by atoms with van der Waals surface area (Å²) < 4.78 is 5.35. The van der Waals surface area contributed by atoms with Crippen LogP contribution in [-0.4, -0.2) is 36.3 Å². The van der Waals surface area contributed by atoms with Crippen molar-refractivity contribution >= 4 is 22.8 Å². The monoisotopic (exact) mass is 363 g/mol. The number of hydrogen-bond donors (Lipinski definition) is 2. The van der Waals surface area contributed by atoms with Crippen LogP contribution in [0.2, 0.25) is 0 Å². The molecule has 6 heteroatoms. The predicted molar refractivity (Wildman–Crippen MR) is 102 cm³/mol. The number of amides is 2. The first kappa shape index (κ1) is 17.3. The summed E-state index contributed by atoms with van der Waals surface area (Å²) >= 11 is 0.